The molecule has 0 radical (unpaired) electrons. The lowest BCUT2D eigenvalue weighted by Crippen LogP contribution is -2.18. The average Bonchev–Trinajstić information content (AvgIpc) is 2.84. The van der Waals surface area contributed by atoms with Crippen molar-refractivity contribution >= 4 is 10.9 Å². The Morgan fingerprint density at radius 1 is 1.29 bits per heavy atom. The molecule has 3 nitrogen and oxygen atoms in total. The summed E-state index contributed by atoms with van der Waals surface area (Å²) in [6.45, 7) is 0. The van der Waals surface area contributed by atoms with Crippen LogP contribution in [0.3, 0.4) is 0 Å². The fourth-order valence-electron chi connectivity index (χ4n) is 1.92. The summed E-state index contributed by atoms with van der Waals surface area (Å²) in [6.07, 6.45) is -3.00. The second-order valence-electron chi connectivity index (χ2n) is 4.37. The summed E-state index contributed by atoms with van der Waals surface area (Å²) < 4.78 is 43.2. The van der Waals surface area contributed by atoms with Crippen LogP contribution in [0.4, 0.5) is 13.2 Å². The Balaban J connectivity index is 2.26. The number of nitrogens with two attached hydrogens (primary N) is 1. The SMILES string of the molecule is NC1(c2onc3c(C(F)(F)F)cccc23)CC1. The molecule has 1 aromatic heterocycles. The highest BCUT2D eigenvalue weighted by atomic mass is 19.4. The molecule has 1 aliphatic rings. The van der Waals surface area contributed by atoms with Crippen molar-refractivity contribution in [1.82, 2.24) is 5.16 Å². The van der Waals surface area contributed by atoms with Crippen LogP contribution in [0.5, 0.6) is 0 Å². The molecular weight excluding hydrogens is 233 g/mol. The Hall–Kier alpha value is -1.56. The molecule has 0 spiro atoms. The number of aromatic nitrogens is 1. The van der Waals surface area contributed by atoms with E-state index in [1.54, 1.807) is 6.07 Å². The smallest absolute Gasteiger partial charge is 0.358 e. The van der Waals surface area contributed by atoms with Gasteiger partial charge in [-0.2, -0.15) is 13.2 Å². The van der Waals surface area contributed by atoms with Crippen LogP contribution in [0.1, 0.15) is 24.2 Å². The van der Waals surface area contributed by atoms with Crippen LogP contribution in [0.25, 0.3) is 10.9 Å². The number of rotatable bonds is 1. The summed E-state index contributed by atoms with van der Waals surface area (Å²) in [6, 6.07) is 3.89. The summed E-state index contributed by atoms with van der Waals surface area (Å²) in [5, 5.41) is 3.88. The number of halogens is 3. The molecule has 1 aliphatic carbocycles. The van der Waals surface area contributed by atoms with E-state index in [2.05, 4.69) is 5.16 Å². The number of hydrogen-bond acceptors (Lipinski definition) is 3. The van der Waals surface area contributed by atoms with Crippen molar-refractivity contribution in [2.45, 2.75) is 24.6 Å². The van der Waals surface area contributed by atoms with Crippen LogP contribution >= 0.6 is 0 Å². The van der Waals surface area contributed by atoms with Crippen molar-refractivity contribution in [3.05, 3.63) is 29.5 Å². The van der Waals surface area contributed by atoms with Gasteiger partial charge < -0.3 is 10.3 Å². The van der Waals surface area contributed by atoms with Crippen molar-refractivity contribution in [2.24, 2.45) is 5.73 Å². The molecule has 90 valence electrons. The van der Waals surface area contributed by atoms with Gasteiger partial charge in [0.2, 0.25) is 0 Å². The second kappa shape index (κ2) is 3.01. The van der Waals surface area contributed by atoms with Gasteiger partial charge in [0.1, 0.15) is 5.52 Å². The molecule has 1 saturated carbocycles. The van der Waals surface area contributed by atoms with Crippen molar-refractivity contribution < 1.29 is 17.7 Å². The van der Waals surface area contributed by atoms with Crippen molar-refractivity contribution in [2.75, 3.05) is 0 Å². The van der Waals surface area contributed by atoms with Crippen LogP contribution in [0.15, 0.2) is 22.7 Å². The second-order valence-corrected chi connectivity index (χ2v) is 4.37. The summed E-state index contributed by atoms with van der Waals surface area (Å²) in [7, 11) is 0. The van der Waals surface area contributed by atoms with E-state index in [0.717, 1.165) is 6.07 Å². The molecule has 17 heavy (non-hydrogen) atoms. The van der Waals surface area contributed by atoms with E-state index in [1.807, 2.05) is 0 Å². The molecule has 0 atom stereocenters. The van der Waals surface area contributed by atoms with E-state index in [0.29, 0.717) is 24.0 Å². The minimum absolute atomic E-state index is 0.160. The quantitative estimate of drug-likeness (QED) is 0.836. The number of fused-ring (bicyclic) bond motifs is 1. The molecule has 1 fully saturated rings. The van der Waals surface area contributed by atoms with E-state index in [-0.39, 0.29) is 5.52 Å². The Kier molecular flexibility index (Phi) is 1.87. The van der Waals surface area contributed by atoms with Gasteiger partial charge in [0.15, 0.2) is 5.76 Å². The number of nitrogens with zero attached hydrogens (tertiary/aromatic N) is 1. The van der Waals surface area contributed by atoms with E-state index in [1.165, 1.54) is 6.07 Å². The van der Waals surface area contributed by atoms with Crippen LogP contribution in [-0.4, -0.2) is 5.16 Å². The van der Waals surface area contributed by atoms with Gasteiger partial charge in [-0.05, 0) is 25.0 Å². The highest BCUT2D eigenvalue weighted by Gasteiger charge is 2.46. The van der Waals surface area contributed by atoms with Gasteiger partial charge in [-0.1, -0.05) is 11.2 Å². The van der Waals surface area contributed by atoms with Crippen LogP contribution in [-0.2, 0) is 11.7 Å². The van der Waals surface area contributed by atoms with Crippen LogP contribution in [0, 0.1) is 0 Å². The fraction of sp³-hybridized carbons (Fsp3) is 0.364. The standard InChI is InChI=1S/C11H9F3N2O/c12-11(13,14)7-3-1-2-6-8(7)16-17-9(6)10(15)4-5-10/h1-3H,4-5,15H2. The third-order valence-electron chi connectivity index (χ3n) is 3.06. The highest BCUT2D eigenvalue weighted by Crippen LogP contribution is 2.46. The molecule has 2 aromatic rings. The maximum absolute atomic E-state index is 12.7. The average molecular weight is 242 g/mol. The molecular formula is C11H9F3N2O. The molecule has 1 heterocycles. The Morgan fingerprint density at radius 2 is 2.00 bits per heavy atom. The van der Waals surface area contributed by atoms with Gasteiger partial charge in [0, 0.05) is 5.39 Å². The van der Waals surface area contributed by atoms with Crippen molar-refractivity contribution in [1.29, 1.82) is 0 Å². The first-order valence-electron chi connectivity index (χ1n) is 5.17. The van der Waals surface area contributed by atoms with E-state index >= 15 is 0 Å². The molecule has 1 aromatic carbocycles. The third-order valence-corrected chi connectivity index (χ3v) is 3.06. The molecule has 2 N–H and O–H groups in total. The van der Waals surface area contributed by atoms with Gasteiger partial charge in [-0.3, -0.25) is 0 Å². The topological polar surface area (TPSA) is 52.0 Å². The van der Waals surface area contributed by atoms with Gasteiger partial charge in [-0.15, -0.1) is 0 Å². The molecule has 0 aliphatic heterocycles. The lowest BCUT2D eigenvalue weighted by atomic mass is 10.1. The first-order chi connectivity index (χ1) is 7.92. The van der Waals surface area contributed by atoms with Crippen molar-refractivity contribution in [3.8, 4) is 0 Å². The minimum atomic E-state index is -4.43. The maximum Gasteiger partial charge on any atom is 0.418 e. The molecule has 3 rings (SSSR count). The van der Waals surface area contributed by atoms with Gasteiger partial charge in [0.05, 0.1) is 11.1 Å². The monoisotopic (exact) mass is 242 g/mol. The summed E-state index contributed by atoms with van der Waals surface area (Å²) in [5.41, 5.74) is 4.35. The van der Waals surface area contributed by atoms with E-state index < -0.39 is 17.3 Å². The predicted octanol–water partition coefficient (Wildman–Crippen LogP) is 2.79. The summed E-state index contributed by atoms with van der Waals surface area (Å²) in [4.78, 5) is 0. The predicted molar refractivity (Wildman–Crippen MR) is 54.1 cm³/mol. The van der Waals surface area contributed by atoms with Gasteiger partial charge in [-0.25, -0.2) is 0 Å². The normalized spacial score (nSPS) is 18.6. The fourth-order valence-corrected chi connectivity index (χ4v) is 1.92. The number of hydrogen-bond donors (Lipinski definition) is 1. The van der Waals surface area contributed by atoms with E-state index in [4.69, 9.17) is 10.3 Å². The first kappa shape index (κ1) is 10.6. The summed E-state index contributed by atoms with van der Waals surface area (Å²) in [5.74, 6) is 0.360. The molecule has 0 bridgehead atoms. The Morgan fingerprint density at radius 3 is 2.59 bits per heavy atom. The largest absolute Gasteiger partial charge is 0.418 e. The maximum atomic E-state index is 12.7. The third kappa shape index (κ3) is 1.51. The number of alkyl halides is 3. The highest BCUT2D eigenvalue weighted by molar-refractivity contribution is 5.85. The molecule has 6 heteroatoms. The van der Waals surface area contributed by atoms with Crippen molar-refractivity contribution in [3.63, 3.8) is 0 Å². The van der Waals surface area contributed by atoms with E-state index in [9.17, 15) is 13.2 Å². The number of benzene rings is 1. The summed E-state index contributed by atoms with van der Waals surface area (Å²) >= 11 is 0. The van der Waals surface area contributed by atoms with Crippen LogP contribution in [0.2, 0.25) is 0 Å². The zero-order valence-corrected chi connectivity index (χ0v) is 8.71. The zero-order chi connectivity index (χ0) is 12.3. The first-order valence-corrected chi connectivity index (χ1v) is 5.17. The molecule has 0 saturated heterocycles. The lowest BCUT2D eigenvalue weighted by Gasteiger charge is -2.07. The van der Waals surface area contributed by atoms with Crippen LogP contribution < -0.4 is 5.73 Å². The Labute approximate surface area is 94.4 Å². The lowest BCUT2D eigenvalue weighted by molar-refractivity contribution is -0.136. The van der Waals surface area contributed by atoms with Gasteiger partial charge >= 0.3 is 6.18 Å². The molecule has 0 unspecified atom stereocenters. The molecule has 0 amide bonds. The van der Waals surface area contributed by atoms with Gasteiger partial charge in [0.25, 0.3) is 0 Å². The Bertz CT molecular complexity index is 584. The minimum Gasteiger partial charge on any atom is -0.358 e. The zero-order valence-electron chi connectivity index (χ0n) is 8.71.